The predicted octanol–water partition coefficient (Wildman–Crippen LogP) is 1.29. The van der Waals surface area contributed by atoms with Crippen LogP contribution in [0.3, 0.4) is 0 Å². The Morgan fingerprint density at radius 1 is 1.21 bits per heavy atom. The number of amides is 3. The van der Waals surface area contributed by atoms with E-state index >= 15 is 0 Å². The van der Waals surface area contributed by atoms with E-state index in [2.05, 4.69) is 27.8 Å². The van der Waals surface area contributed by atoms with E-state index in [1.54, 1.807) is 11.6 Å². The fraction of sp³-hybridized carbons (Fsp3) is 0.778. The molecule has 2 aliphatic rings. The van der Waals surface area contributed by atoms with Gasteiger partial charge in [-0.15, -0.1) is 10.2 Å². The third-order valence-corrected chi connectivity index (χ3v) is 8.59. The van der Waals surface area contributed by atoms with Crippen LogP contribution in [0, 0.1) is 11.8 Å². The Morgan fingerprint density at radius 2 is 1.97 bits per heavy atom. The van der Waals surface area contributed by atoms with Crippen LogP contribution in [0.15, 0.2) is 5.16 Å². The summed E-state index contributed by atoms with van der Waals surface area (Å²) in [6.07, 6.45) is 5.52. The maximum absolute atomic E-state index is 12.1. The van der Waals surface area contributed by atoms with Crippen molar-refractivity contribution in [3.8, 4) is 0 Å². The number of nitrogens with zero attached hydrogens (tertiary/aromatic N) is 3. The molecule has 3 atom stereocenters. The molecule has 1 aromatic rings. The first-order valence-electron chi connectivity index (χ1n) is 10.1. The molecule has 2 fully saturated rings. The van der Waals surface area contributed by atoms with Crippen molar-refractivity contribution in [2.75, 3.05) is 17.3 Å². The highest BCUT2D eigenvalue weighted by Gasteiger charge is 2.29. The second-order valence-corrected chi connectivity index (χ2v) is 11.3. The van der Waals surface area contributed by atoms with Gasteiger partial charge in [0, 0.05) is 19.5 Å². The minimum atomic E-state index is -2.92. The van der Waals surface area contributed by atoms with E-state index in [1.165, 1.54) is 18.2 Å². The monoisotopic (exact) mass is 443 g/mol. The fourth-order valence-electron chi connectivity index (χ4n) is 3.97. The number of imide groups is 1. The SMILES string of the molecule is CC1CCCCC1NC(=O)NC(=O)CSc1nnc(CC2CCS(=O)(=O)C2)n1C. The highest BCUT2D eigenvalue weighted by Crippen LogP contribution is 2.24. The Hall–Kier alpha value is -1.62. The van der Waals surface area contributed by atoms with Crippen molar-refractivity contribution in [3.05, 3.63) is 5.82 Å². The zero-order valence-corrected chi connectivity index (χ0v) is 18.5. The van der Waals surface area contributed by atoms with Crippen LogP contribution < -0.4 is 10.6 Å². The first-order chi connectivity index (χ1) is 13.7. The molecule has 3 rings (SSSR count). The van der Waals surface area contributed by atoms with Crippen LogP contribution in [-0.2, 0) is 28.1 Å². The number of aromatic nitrogens is 3. The number of rotatable bonds is 6. The molecule has 2 N–H and O–H groups in total. The van der Waals surface area contributed by atoms with E-state index in [9.17, 15) is 18.0 Å². The highest BCUT2D eigenvalue weighted by molar-refractivity contribution is 7.99. The quantitative estimate of drug-likeness (QED) is 0.635. The van der Waals surface area contributed by atoms with Gasteiger partial charge in [0.1, 0.15) is 5.82 Å². The van der Waals surface area contributed by atoms with Gasteiger partial charge in [-0.25, -0.2) is 13.2 Å². The Balaban J connectivity index is 1.44. The molecule has 9 nitrogen and oxygen atoms in total. The van der Waals surface area contributed by atoms with Crippen LogP contribution in [0.1, 0.15) is 44.9 Å². The molecule has 0 spiro atoms. The highest BCUT2D eigenvalue weighted by atomic mass is 32.2. The van der Waals surface area contributed by atoms with Gasteiger partial charge in [-0.1, -0.05) is 31.5 Å². The molecule has 0 aromatic carbocycles. The molecule has 29 heavy (non-hydrogen) atoms. The maximum Gasteiger partial charge on any atom is 0.321 e. The lowest BCUT2D eigenvalue weighted by Crippen LogP contribution is -2.48. The van der Waals surface area contributed by atoms with Crippen LogP contribution in [0.4, 0.5) is 4.79 Å². The fourth-order valence-corrected chi connectivity index (χ4v) is 6.56. The summed E-state index contributed by atoms with van der Waals surface area (Å²) in [5.41, 5.74) is 0. The molecular weight excluding hydrogens is 414 g/mol. The molecule has 1 aromatic heterocycles. The topological polar surface area (TPSA) is 123 Å². The average molecular weight is 444 g/mol. The molecule has 0 radical (unpaired) electrons. The standard InChI is InChI=1S/C18H29N5O4S2/c1-12-5-3-4-6-14(12)19-17(25)20-16(24)10-28-18-22-21-15(23(18)2)9-13-7-8-29(26,27)11-13/h12-14H,3-11H2,1-2H3,(H2,19,20,24,25). The molecule has 3 unspecified atom stereocenters. The third kappa shape index (κ3) is 6.18. The molecule has 1 aliphatic heterocycles. The first kappa shape index (κ1) is 22.1. The van der Waals surface area contributed by atoms with Gasteiger partial charge in [0.2, 0.25) is 5.91 Å². The third-order valence-electron chi connectivity index (χ3n) is 5.74. The van der Waals surface area contributed by atoms with Crippen molar-refractivity contribution < 1.29 is 18.0 Å². The summed E-state index contributed by atoms with van der Waals surface area (Å²) in [6.45, 7) is 2.12. The minimum Gasteiger partial charge on any atom is -0.335 e. The van der Waals surface area contributed by atoms with E-state index in [4.69, 9.17) is 0 Å². The van der Waals surface area contributed by atoms with Crippen molar-refractivity contribution in [1.82, 2.24) is 25.4 Å². The van der Waals surface area contributed by atoms with E-state index < -0.39 is 15.9 Å². The van der Waals surface area contributed by atoms with Crippen LogP contribution >= 0.6 is 11.8 Å². The van der Waals surface area contributed by atoms with Crippen molar-refractivity contribution in [2.45, 2.75) is 56.6 Å². The summed E-state index contributed by atoms with van der Waals surface area (Å²) in [7, 11) is -1.12. The van der Waals surface area contributed by atoms with E-state index in [-0.39, 0.29) is 35.1 Å². The zero-order valence-electron chi connectivity index (χ0n) is 16.9. The lowest BCUT2D eigenvalue weighted by atomic mass is 9.86. The summed E-state index contributed by atoms with van der Waals surface area (Å²) < 4.78 is 25.0. The first-order valence-corrected chi connectivity index (χ1v) is 12.9. The molecule has 162 valence electrons. The van der Waals surface area contributed by atoms with Crippen LogP contribution in [0.25, 0.3) is 0 Å². The number of nitrogens with one attached hydrogen (secondary N) is 2. The van der Waals surface area contributed by atoms with Gasteiger partial charge in [-0.05, 0) is 31.1 Å². The maximum atomic E-state index is 12.1. The van der Waals surface area contributed by atoms with Gasteiger partial charge in [0.15, 0.2) is 15.0 Å². The van der Waals surface area contributed by atoms with E-state index in [0.717, 1.165) is 19.3 Å². The Labute approximate surface area is 175 Å². The molecule has 3 amide bonds. The van der Waals surface area contributed by atoms with E-state index in [1.807, 2.05) is 0 Å². The number of sulfone groups is 1. The van der Waals surface area contributed by atoms with Gasteiger partial charge in [-0.2, -0.15) is 0 Å². The van der Waals surface area contributed by atoms with Crippen LogP contribution in [-0.4, -0.2) is 58.4 Å². The summed E-state index contributed by atoms with van der Waals surface area (Å²) >= 11 is 1.20. The smallest absolute Gasteiger partial charge is 0.321 e. The number of hydrogen-bond acceptors (Lipinski definition) is 7. The number of hydrogen-bond donors (Lipinski definition) is 2. The molecule has 2 heterocycles. The van der Waals surface area contributed by atoms with Crippen LogP contribution in [0.2, 0.25) is 0 Å². The molecule has 11 heteroatoms. The molecule has 1 aliphatic carbocycles. The summed E-state index contributed by atoms with van der Waals surface area (Å²) in [5.74, 6) is 1.29. The Kier molecular flexibility index (Phi) is 7.20. The summed E-state index contributed by atoms with van der Waals surface area (Å²) in [5, 5.41) is 14.1. The number of carbonyl (C=O) groups excluding carboxylic acids is 2. The Morgan fingerprint density at radius 3 is 2.66 bits per heavy atom. The second kappa shape index (κ2) is 9.46. The van der Waals surface area contributed by atoms with Gasteiger partial charge in [-0.3, -0.25) is 10.1 Å². The molecule has 0 bridgehead atoms. The Bertz CT molecular complexity index is 854. The average Bonchev–Trinajstić information content (AvgIpc) is 3.17. The predicted molar refractivity (Wildman–Crippen MR) is 110 cm³/mol. The minimum absolute atomic E-state index is 0.0530. The van der Waals surface area contributed by atoms with Gasteiger partial charge >= 0.3 is 6.03 Å². The largest absolute Gasteiger partial charge is 0.335 e. The lowest BCUT2D eigenvalue weighted by molar-refractivity contribution is -0.117. The molecule has 1 saturated carbocycles. The normalized spacial score (nSPS) is 26.2. The van der Waals surface area contributed by atoms with Gasteiger partial charge in [0.25, 0.3) is 0 Å². The van der Waals surface area contributed by atoms with E-state index in [0.29, 0.717) is 29.7 Å². The summed E-state index contributed by atoms with van der Waals surface area (Å²) in [6, 6.07) is -0.333. The zero-order chi connectivity index (χ0) is 21.0. The van der Waals surface area contributed by atoms with Gasteiger partial charge < -0.3 is 9.88 Å². The lowest BCUT2D eigenvalue weighted by Gasteiger charge is -2.29. The van der Waals surface area contributed by atoms with Gasteiger partial charge in [0.05, 0.1) is 17.3 Å². The number of urea groups is 1. The van der Waals surface area contributed by atoms with Crippen molar-refractivity contribution in [1.29, 1.82) is 0 Å². The van der Waals surface area contributed by atoms with Crippen molar-refractivity contribution >= 4 is 33.5 Å². The summed E-state index contributed by atoms with van der Waals surface area (Å²) in [4.78, 5) is 24.2. The van der Waals surface area contributed by atoms with Crippen molar-refractivity contribution in [3.63, 3.8) is 0 Å². The number of thioether (sulfide) groups is 1. The molecular formula is C18H29N5O4S2. The van der Waals surface area contributed by atoms with Crippen molar-refractivity contribution in [2.24, 2.45) is 18.9 Å². The van der Waals surface area contributed by atoms with Crippen LogP contribution in [0.5, 0.6) is 0 Å². The molecule has 1 saturated heterocycles. The number of carbonyl (C=O) groups is 2. The second-order valence-electron chi connectivity index (χ2n) is 8.11.